The predicted octanol–water partition coefficient (Wildman–Crippen LogP) is 3.07. The van der Waals surface area contributed by atoms with Crippen molar-refractivity contribution in [2.24, 2.45) is 0 Å². The summed E-state index contributed by atoms with van der Waals surface area (Å²) < 4.78 is 16.7. The van der Waals surface area contributed by atoms with E-state index in [1.54, 1.807) is 23.6 Å². The zero-order chi connectivity index (χ0) is 24.9. The topological polar surface area (TPSA) is 88.6 Å². The molecule has 34 heavy (non-hydrogen) atoms. The normalized spacial score (nSPS) is 19.4. The Hall–Kier alpha value is -2.97. The van der Waals surface area contributed by atoms with Crippen molar-refractivity contribution in [2.45, 2.75) is 64.8 Å². The van der Waals surface area contributed by atoms with Crippen molar-refractivity contribution in [3.63, 3.8) is 0 Å². The van der Waals surface area contributed by atoms with Crippen molar-refractivity contribution < 1.29 is 28.6 Å². The van der Waals surface area contributed by atoms with Gasteiger partial charge in [0.15, 0.2) is 5.60 Å². The molecule has 2 fully saturated rings. The van der Waals surface area contributed by atoms with Gasteiger partial charge in [0.1, 0.15) is 17.5 Å². The van der Waals surface area contributed by atoms with Crippen molar-refractivity contribution in [3.8, 4) is 5.75 Å². The number of hydrogen-bond donors (Lipinski definition) is 0. The molecule has 188 valence electrons. The highest BCUT2D eigenvalue weighted by Gasteiger charge is 2.37. The standard InChI is InChI=1S/C25H37N3O6/c1-24(2,3)34-23(31)27-14-12-26(13-15-27)22(30)25(4,5)33-20-9-6-8-19(16-20)28-11-7-10-21(17-28)32-18-29/h6,8-9,16,18,21H,7,10-15,17H2,1-5H3/t21-/m1/s1. The molecule has 2 heterocycles. The first-order valence-electron chi connectivity index (χ1n) is 11.9. The minimum atomic E-state index is -1.07. The van der Waals surface area contributed by atoms with Crippen LogP contribution >= 0.6 is 0 Å². The molecular formula is C25H37N3O6. The van der Waals surface area contributed by atoms with Crippen LogP contribution in [0.1, 0.15) is 47.5 Å². The lowest BCUT2D eigenvalue weighted by atomic mass is 10.1. The van der Waals surface area contributed by atoms with Gasteiger partial charge in [-0.2, -0.15) is 0 Å². The van der Waals surface area contributed by atoms with Crippen molar-refractivity contribution >= 4 is 24.2 Å². The number of piperidine rings is 1. The van der Waals surface area contributed by atoms with Gasteiger partial charge >= 0.3 is 6.09 Å². The highest BCUT2D eigenvalue weighted by Crippen LogP contribution is 2.28. The van der Waals surface area contributed by atoms with Crippen LogP contribution in [-0.4, -0.2) is 84.8 Å². The van der Waals surface area contributed by atoms with E-state index in [9.17, 15) is 14.4 Å². The molecule has 2 amide bonds. The minimum Gasteiger partial charge on any atom is -0.478 e. The molecule has 3 rings (SSSR count). The summed E-state index contributed by atoms with van der Waals surface area (Å²) in [5, 5.41) is 0. The summed E-state index contributed by atoms with van der Waals surface area (Å²) in [5.41, 5.74) is -0.658. The number of amides is 2. The molecule has 2 aliphatic rings. The molecule has 0 bridgehead atoms. The highest BCUT2D eigenvalue weighted by molar-refractivity contribution is 5.85. The second kappa shape index (κ2) is 10.5. The van der Waals surface area contributed by atoms with E-state index < -0.39 is 11.2 Å². The zero-order valence-electron chi connectivity index (χ0n) is 20.9. The van der Waals surface area contributed by atoms with Gasteiger partial charge in [0.2, 0.25) is 0 Å². The molecule has 0 radical (unpaired) electrons. The summed E-state index contributed by atoms with van der Waals surface area (Å²) in [4.78, 5) is 41.8. The molecule has 9 nitrogen and oxygen atoms in total. The Labute approximate surface area is 201 Å². The predicted molar refractivity (Wildman–Crippen MR) is 128 cm³/mol. The largest absolute Gasteiger partial charge is 0.478 e. The van der Waals surface area contributed by atoms with Gasteiger partial charge in [-0.05, 0) is 59.6 Å². The third-order valence-corrected chi connectivity index (χ3v) is 5.92. The van der Waals surface area contributed by atoms with Gasteiger partial charge in [-0.3, -0.25) is 9.59 Å². The molecule has 0 saturated carbocycles. The van der Waals surface area contributed by atoms with Crippen LogP contribution in [0.25, 0.3) is 0 Å². The number of carbonyl (C=O) groups is 3. The Bertz CT molecular complexity index is 874. The fourth-order valence-corrected chi connectivity index (χ4v) is 4.24. The Morgan fingerprint density at radius 3 is 2.32 bits per heavy atom. The van der Waals surface area contributed by atoms with Crippen molar-refractivity contribution in [3.05, 3.63) is 24.3 Å². The van der Waals surface area contributed by atoms with Gasteiger partial charge in [-0.25, -0.2) is 4.79 Å². The first-order chi connectivity index (χ1) is 16.0. The Balaban J connectivity index is 1.58. The van der Waals surface area contributed by atoms with E-state index in [-0.39, 0.29) is 18.1 Å². The van der Waals surface area contributed by atoms with Crippen LogP contribution in [0.4, 0.5) is 10.5 Å². The van der Waals surface area contributed by atoms with Crippen LogP contribution in [0.15, 0.2) is 24.3 Å². The minimum absolute atomic E-state index is 0.117. The summed E-state index contributed by atoms with van der Waals surface area (Å²) in [5.74, 6) is 0.473. The monoisotopic (exact) mass is 475 g/mol. The fourth-order valence-electron chi connectivity index (χ4n) is 4.24. The quantitative estimate of drug-likeness (QED) is 0.584. The van der Waals surface area contributed by atoms with E-state index in [0.717, 1.165) is 25.1 Å². The molecule has 2 saturated heterocycles. The lowest BCUT2D eigenvalue weighted by Crippen LogP contribution is -2.57. The van der Waals surface area contributed by atoms with Gasteiger partial charge in [0, 0.05) is 44.5 Å². The number of piperazine rings is 1. The number of anilines is 1. The fraction of sp³-hybridized carbons (Fsp3) is 0.640. The third-order valence-electron chi connectivity index (χ3n) is 5.92. The Morgan fingerprint density at radius 1 is 1.00 bits per heavy atom. The second-order valence-electron chi connectivity index (χ2n) is 10.3. The van der Waals surface area contributed by atoms with Crippen LogP contribution < -0.4 is 9.64 Å². The van der Waals surface area contributed by atoms with Gasteiger partial charge in [0.05, 0.1) is 6.54 Å². The van der Waals surface area contributed by atoms with E-state index in [1.807, 2.05) is 45.0 Å². The number of benzene rings is 1. The number of carbonyl (C=O) groups excluding carboxylic acids is 3. The van der Waals surface area contributed by atoms with E-state index in [4.69, 9.17) is 14.2 Å². The SMILES string of the molecule is CC(C)(C)OC(=O)N1CCN(C(=O)C(C)(C)Oc2cccc(N3CCC[C@@H](OC=O)C3)c2)CC1. The second-order valence-corrected chi connectivity index (χ2v) is 10.3. The molecule has 0 N–H and O–H groups in total. The zero-order valence-corrected chi connectivity index (χ0v) is 20.9. The van der Waals surface area contributed by atoms with Gasteiger partial charge < -0.3 is 28.9 Å². The molecule has 1 aromatic carbocycles. The van der Waals surface area contributed by atoms with Crippen molar-refractivity contribution in [1.29, 1.82) is 0 Å². The van der Waals surface area contributed by atoms with Gasteiger partial charge in [0.25, 0.3) is 12.4 Å². The van der Waals surface area contributed by atoms with E-state index >= 15 is 0 Å². The third kappa shape index (κ3) is 6.77. The number of hydrogen-bond acceptors (Lipinski definition) is 7. The maximum absolute atomic E-state index is 13.2. The summed E-state index contributed by atoms with van der Waals surface area (Å²) >= 11 is 0. The van der Waals surface area contributed by atoms with E-state index in [0.29, 0.717) is 44.9 Å². The molecular weight excluding hydrogens is 438 g/mol. The molecule has 0 aromatic heterocycles. The van der Waals surface area contributed by atoms with Crippen molar-refractivity contribution in [2.75, 3.05) is 44.2 Å². The lowest BCUT2D eigenvalue weighted by molar-refractivity contribution is -0.147. The lowest BCUT2D eigenvalue weighted by Gasteiger charge is -2.39. The maximum Gasteiger partial charge on any atom is 0.410 e. The smallest absolute Gasteiger partial charge is 0.410 e. The number of rotatable bonds is 6. The summed E-state index contributed by atoms with van der Waals surface area (Å²) in [7, 11) is 0. The van der Waals surface area contributed by atoms with Crippen LogP contribution in [0, 0.1) is 0 Å². The average molecular weight is 476 g/mol. The van der Waals surface area contributed by atoms with E-state index in [1.165, 1.54) is 0 Å². The average Bonchev–Trinajstić information content (AvgIpc) is 2.78. The number of ether oxygens (including phenoxy) is 3. The molecule has 9 heteroatoms. The highest BCUT2D eigenvalue weighted by atomic mass is 16.6. The van der Waals surface area contributed by atoms with Crippen LogP contribution in [-0.2, 0) is 19.1 Å². The molecule has 0 spiro atoms. The van der Waals surface area contributed by atoms with Gasteiger partial charge in [-0.1, -0.05) is 6.07 Å². The van der Waals surface area contributed by atoms with E-state index in [2.05, 4.69) is 4.90 Å². The summed E-state index contributed by atoms with van der Waals surface area (Å²) in [6.45, 7) is 12.7. The van der Waals surface area contributed by atoms with Crippen LogP contribution in [0.2, 0.25) is 0 Å². The van der Waals surface area contributed by atoms with Crippen molar-refractivity contribution in [1.82, 2.24) is 9.80 Å². The molecule has 2 aliphatic heterocycles. The van der Waals surface area contributed by atoms with Crippen LogP contribution in [0.3, 0.4) is 0 Å². The molecule has 0 aliphatic carbocycles. The molecule has 1 aromatic rings. The van der Waals surface area contributed by atoms with Gasteiger partial charge in [-0.15, -0.1) is 0 Å². The first kappa shape index (κ1) is 25.6. The summed E-state index contributed by atoms with van der Waals surface area (Å²) in [6.07, 6.45) is 1.32. The van der Waals surface area contributed by atoms with Crippen LogP contribution in [0.5, 0.6) is 5.75 Å². The molecule has 1 atom stereocenters. The molecule has 0 unspecified atom stereocenters. The first-order valence-corrected chi connectivity index (χ1v) is 11.9. The maximum atomic E-state index is 13.2. The Morgan fingerprint density at radius 2 is 1.68 bits per heavy atom. The Kier molecular flexibility index (Phi) is 7.94. The number of nitrogens with zero attached hydrogens (tertiary/aromatic N) is 3. The summed E-state index contributed by atoms with van der Waals surface area (Å²) in [6, 6.07) is 7.64.